The highest BCUT2D eigenvalue weighted by molar-refractivity contribution is 5.97. The molecule has 1 amide bonds. The fourth-order valence-electron chi connectivity index (χ4n) is 2.17. The topological polar surface area (TPSA) is 58.2 Å². The number of benzene rings is 1. The van der Waals surface area contributed by atoms with Crippen molar-refractivity contribution in [2.75, 3.05) is 26.8 Å². The zero-order valence-electron chi connectivity index (χ0n) is 12.2. The highest BCUT2D eigenvalue weighted by atomic mass is 16.5. The third-order valence-corrected chi connectivity index (χ3v) is 3.13. The molecule has 20 heavy (non-hydrogen) atoms. The summed E-state index contributed by atoms with van der Waals surface area (Å²) in [5.74, 6) is 0.457. The molecule has 1 heterocycles. The van der Waals surface area contributed by atoms with Crippen LogP contribution in [0.1, 0.15) is 24.2 Å². The summed E-state index contributed by atoms with van der Waals surface area (Å²) in [5, 5.41) is 7.88. The van der Waals surface area contributed by atoms with Gasteiger partial charge in [-0.05, 0) is 18.1 Å². The Hall–Kier alpha value is -1.88. The SMILES string of the molecule is COCCN(CC(C)C)C(=O)c1ccc2cn[nH]c2c1. The third kappa shape index (κ3) is 3.36. The van der Waals surface area contributed by atoms with Crippen molar-refractivity contribution in [3.8, 4) is 0 Å². The van der Waals surface area contributed by atoms with E-state index in [1.54, 1.807) is 13.3 Å². The molecule has 0 spiro atoms. The van der Waals surface area contributed by atoms with Gasteiger partial charge in [-0.3, -0.25) is 9.89 Å². The number of aromatic nitrogens is 2. The number of nitrogens with zero attached hydrogens (tertiary/aromatic N) is 2. The number of ether oxygens (including phenoxy) is 1. The maximum Gasteiger partial charge on any atom is 0.254 e. The lowest BCUT2D eigenvalue weighted by molar-refractivity contribution is 0.0672. The van der Waals surface area contributed by atoms with E-state index in [1.165, 1.54) is 0 Å². The van der Waals surface area contributed by atoms with Crippen LogP contribution >= 0.6 is 0 Å². The van der Waals surface area contributed by atoms with Crippen LogP contribution in [0.3, 0.4) is 0 Å². The van der Waals surface area contributed by atoms with Gasteiger partial charge in [-0.2, -0.15) is 5.10 Å². The van der Waals surface area contributed by atoms with Gasteiger partial charge < -0.3 is 9.64 Å². The number of rotatable bonds is 6. The lowest BCUT2D eigenvalue weighted by Gasteiger charge is -2.24. The molecule has 108 valence electrons. The summed E-state index contributed by atoms with van der Waals surface area (Å²) in [6.07, 6.45) is 1.75. The van der Waals surface area contributed by atoms with E-state index in [4.69, 9.17) is 4.74 Å². The van der Waals surface area contributed by atoms with E-state index in [2.05, 4.69) is 24.0 Å². The molecule has 0 fully saturated rings. The summed E-state index contributed by atoms with van der Waals surface area (Å²) in [7, 11) is 1.65. The maximum absolute atomic E-state index is 12.6. The minimum Gasteiger partial charge on any atom is -0.383 e. The zero-order valence-corrected chi connectivity index (χ0v) is 12.2. The monoisotopic (exact) mass is 275 g/mol. The second-order valence-electron chi connectivity index (χ2n) is 5.31. The minimum atomic E-state index is 0.0345. The zero-order chi connectivity index (χ0) is 14.5. The quantitative estimate of drug-likeness (QED) is 0.880. The Kier molecular flexibility index (Phi) is 4.74. The van der Waals surface area contributed by atoms with E-state index in [9.17, 15) is 4.79 Å². The summed E-state index contributed by atoms with van der Waals surface area (Å²) < 4.78 is 5.09. The van der Waals surface area contributed by atoms with Crippen LogP contribution in [-0.4, -0.2) is 47.8 Å². The van der Waals surface area contributed by atoms with E-state index in [-0.39, 0.29) is 5.91 Å². The van der Waals surface area contributed by atoms with Crippen molar-refractivity contribution in [2.24, 2.45) is 5.92 Å². The lowest BCUT2D eigenvalue weighted by atomic mass is 10.1. The lowest BCUT2D eigenvalue weighted by Crippen LogP contribution is -2.36. The van der Waals surface area contributed by atoms with E-state index < -0.39 is 0 Å². The van der Waals surface area contributed by atoms with Crippen LogP contribution < -0.4 is 0 Å². The van der Waals surface area contributed by atoms with Crippen molar-refractivity contribution < 1.29 is 9.53 Å². The van der Waals surface area contributed by atoms with Gasteiger partial charge in [0, 0.05) is 31.1 Å². The molecule has 0 bridgehead atoms. The molecule has 0 aliphatic heterocycles. The molecule has 0 aliphatic carbocycles. The summed E-state index contributed by atoms with van der Waals surface area (Å²) in [4.78, 5) is 14.4. The van der Waals surface area contributed by atoms with Crippen LogP contribution in [0.15, 0.2) is 24.4 Å². The highest BCUT2D eigenvalue weighted by Crippen LogP contribution is 2.15. The molecule has 2 rings (SSSR count). The molecular weight excluding hydrogens is 254 g/mol. The van der Waals surface area contributed by atoms with Crippen molar-refractivity contribution in [1.82, 2.24) is 15.1 Å². The van der Waals surface area contributed by atoms with Crippen molar-refractivity contribution in [2.45, 2.75) is 13.8 Å². The molecule has 0 radical (unpaired) electrons. The Morgan fingerprint density at radius 3 is 2.95 bits per heavy atom. The van der Waals surface area contributed by atoms with Gasteiger partial charge in [0.15, 0.2) is 0 Å². The number of hydrogen-bond donors (Lipinski definition) is 1. The van der Waals surface area contributed by atoms with Gasteiger partial charge >= 0.3 is 0 Å². The predicted molar refractivity (Wildman–Crippen MR) is 78.7 cm³/mol. The number of amides is 1. The first kappa shape index (κ1) is 14.5. The number of fused-ring (bicyclic) bond motifs is 1. The average molecular weight is 275 g/mol. The van der Waals surface area contributed by atoms with E-state index >= 15 is 0 Å². The van der Waals surface area contributed by atoms with Gasteiger partial charge in [0.25, 0.3) is 5.91 Å². The molecular formula is C15H21N3O2. The first-order valence-corrected chi connectivity index (χ1v) is 6.83. The normalized spacial score (nSPS) is 11.2. The number of carbonyl (C=O) groups excluding carboxylic acids is 1. The molecule has 1 aromatic carbocycles. The maximum atomic E-state index is 12.6. The molecule has 0 saturated heterocycles. The average Bonchev–Trinajstić information content (AvgIpc) is 2.89. The van der Waals surface area contributed by atoms with Gasteiger partial charge in [0.05, 0.1) is 18.3 Å². The number of aromatic amines is 1. The first-order chi connectivity index (χ1) is 9.61. The Morgan fingerprint density at radius 2 is 2.25 bits per heavy atom. The van der Waals surface area contributed by atoms with Gasteiger partial charge in [0.1, 0.15) is 0 Å². The number of hydrogen-bond acceptors (Lipinski definition) is 3. The fourth-order valence-corrected chi connectivity index (χ4v) is 2.17. The highest BCUT2D eigenvalue weighted by Gasteiger charge is 2.17. The Bertz CT molecular complexity index is 577. The van der Waals surface area contributed by atoms with Crippen molar-refractivity contribution in [1.29, 1.82) is 0 Å². The molecule has 0 saturated carbocycles. The van der Waals surface area contributed by atoms with Crippen LogP contribution in [0.25, 0.3) is 10.9 Å². The molecule has 5 heteroatoms. The molecule has 1 N–H and O–H groups in total. The van der Waals surface area contributed by atoms with Gasteiger partial charge in [0.2, 0.25) is 0 Å². The van der Waals surface area contributed by atoms with Crippen LogP contribution in [-0.2, 0) is 4.74 Å². The second-order valence-corrected chi connectivity index (χ2v) is 5.31. The number of nitrogens with one attached hydrogen (secondary N) is 1. The van der Waals surface area contributed by atoms with E-state index in [0.29, 0.717) is 24.6 Å². The van der Waals surface area contributed by atoms with Crippen LogP contribution in [0.5, 0.6) is 0 Å². The number of H-pyrrole nitrogens is 1. The van der Waals surface area contributed by atoms with Gasteiger partial charge in [-0.25, -0.2) is 0 Å². The van der Waals surface area contributed by atoms with Crippen molar-refractivity contribution in [3.05, 3.63) is 30.0 Å². The van der Waals surface area contributed by atoms with Crippen LogP contribution in [0.4, 0.5) is 0 Å². The second kappa shape index (κ2) is 6.52. The summed E-state index contributed by atoms with van der Waals surface area (Å²) in [5.41, 5.74) is 1.56. The summed E-state index contributed by atoms with van der Waals surface area (Å²) in [6, 6.07) is 5.61. The number of carbonyl (C=O) groups is 1. The van der Waals surface area contributed by atoms with Crippen molar-refractivity contribution >= 4 is 16.8 Å². The van der Waals surface area contributed by atoms with Crippen molar-refractivity contribution in [3.63, 3.8) is 0 Å². The minimum absolute atomic E-state index is 0.0345. The summed E-state index contributed by atoms with van der Waals surface area (Å²) >= 11 is 0. The first-order valence-electron chi connectivity index (χ1n) is 6.83. The molecule has 0 aliphatic rings. The van der Waals surface area contributed by atoms with Gasteiger partial charge in [-0.15, -0.1) is 0 Å². The fraction of sp³-hybridized carbons (Fsp3) is 0.467. The van der Waals surface area contributed by atoms with Gasteiger partial charge in [-0.1, -0.05) is 19.9 Å². The number of methoxy groups -OCH3 is 1. The van der Waals surface area contributed by atoms with E-state index in [0.717, 1.165) is 17.4 Å². The summed E-state index contributed by atoms with van der Waals surface area (Å²) in [6.45, 7) is 6.08. The molecule has 0 atom stereocenters. The van der Waals surface area contributed by atoms with E-state index in [1.807, 2.05) is 23.1 Å². The largest absolute Gasteiger partial charge is 0.383 e. The van der Waals surface area contributed by atoms with Crippen LogP contribution in [0, 0.1) is 5.92 Å². The Labute approximate surface area is 118 Å². The molecule has 1 aromatic heterocycles. The molecule has 2 aromatic rings. The standard InChI is InChI=1S/C15H21N3O2/c1-11(2)10-18(6-7-20-3)15(19)12-4-5-13-9-16-17-14(13)8-12/h4-5,8-9,11H,6-7,10H2,1-3H3,(H,16,17). The Balaban J connectivity index is 2.20. The molecule has 0 unspecified atom stereocenters. The molecule has 5 nitrogen and oxygen atoms in total. The predicted octanol–water partition coefficient (Wildman–Crippen LogP) is 2.31. The third-order valence-electron chi connectivity index (χ3n) is 3.13. The van der Waals surface area contributed by atoms with Crippen LogP contribution in [0.2, 0.25) is 0 Å². The smallest absolute Gasteiger partial charge is 0.254 e. The Morgan fingerprint density at radius 1 is 1.45 bits per heavy atom.